The van der Waals surface area contributed by atoms with E-state index in [4.69, 9.17) is 15.2 Å². The monoisotopic (exact) mass is 337 g/mol. The molecule has 1 saturated heterocycles. The Hall–Kier alpha value is -2.05. The third kappa shape index (κ3) is 3.65. The number of benzene rings is 1. The highest BCUT2D eigenvalue weighted by Crippen LogP contribution is 2.31. The molecule has 1 aliphatic rings. The number of methoxy groups -OCH3 is 1. The minimum Gasteiger partial charge on any atom is -0.496 e. The van der Waals surface area contributed by atoms with E-state index in [1.54, 1.807) is 18.3 Å². The summed E-state index contributed by atoms with van der Waals surface area (Å²) in [6, 6.07) is 5.23. The fourth-order valence-corrected chi connectivity index (χ4v) is 2.71. The van der Waals surface area contributed by atoms with Crippen LogP contribution in [0.5, 0.6) is 11.5 Å². The van der Waals surface area contributed by atoms with Crippen molar-refractivity contribution in [3.05, 3.63) is 30.0 Å². The molecule has 6 nitrogen and oxygen atoms in total. The number of hydrogen-bond acceptors (Lipinski definition) is 5. The Morgan fingerprint density at radius 1 is 1.39 bits per heavy atom. The molecule has 1 atom stereocenters. The number of carbonyl (C=O) groups excluding carboxylic acids is 1. The van der Waals surface area contributed by atoms with E-state index in [-0.39, 0.29) is 18.5 Å². The van der Waals surface area contributed by atoms with Crippen LogP contribution in [0.15, 0.2) is 24.4 Å². The van der Waals surface area contributed by atoms with Crippen LogP contribution in [0.1, 0.15) is 23.2 Å². The van der Waals surface area contributed by atoms with E-state index in [0.29, 0.717) is 16.8 Å². The molecule has 3 rings (SSSR count). The summed E-state index contributed by atoms with van der Waals surface area (Å²) in [7, 11) is 1.51. The van der Waals surface area contributed by atoms with Gasteiger partial charge in [0.15, 0.2) is 0 Å². The number of fused-ring (bicyclic) bond motifs is 1. The molecule has 124 valence electrons. The third-order valence-electron chi connectivity index (χ3n) is 3.83. The van der Waals surface area contributed by atoms with Gasteiger partial charge in [-0.2, -0.15) is 0 Å². The number of amides is 1. The van der Waals surface area contributed by atoms with Crippen molar-refractivity contribution < 1.29 is 14.3 Å². The van der Waals surface area contributed by atoms with Crippen molar-refractivity contribution >= 4 is 29.2 Å². The van der Waals surface area contributed by atoms with Gasteiger partial charge >= 0.3 is 0 Å². The molecule has 3 N–H and O–H groups in total. The Bertz CT molecular complexity index is 702. The molecule has 1 amide bonds. The van der Waals surface area contributed by atoms with E-state index in [9.17, 15) is 4.79 Å². The van der Waals surface area contributed by atoms with E-state index in [0.717, 1.165) is 37.1 Å². The first kappa shape index (κ1) is 17.3. The number of ether oxygens (including phenoxy) is 2. The minimum atomic E-state index is -0.539. The second-order valence-corrected chi connectivity index (χ2v) is 5.33. The predicted molar refractivity (Wildman–Crippen MR) is 90.6 cm³/mol. The molecule has 2 heterocycles. The largest absolute Gasteiger partial charge is 0.496 e. The van der Waals surface area contributed by atoms with E-state index in [1.165, 1.54) is 7.11 Å². The number of nitrogens with zero attached hydrogens (tertiary/aromatic N) is 1. The van der Waals surface area contributed by atoms with E-state index >= 15 is 0 Å². The molecule has 0 saturated carbocycles. The first-order valence-corrected chi connectivity index (χ1v) is 7.33. The molecular formula is C16H20ClN3O3. The maximum Gasteiger partial charge on any atom is 0.252 e. The first-order chi connectivity index (χ1) is 10.7. The van der Waals surface area contributed by atoms with Crippen molar-refractivity contribution in [3.63, 3.8) is 0 Å². The topological polar surface area (TPSA) is 86.5 Å². The fraction of sp³-hybridized carbons (Fsp3) is 0.375. The summed E-state index contributed by atoms with van der Waals surface area (Å²) < 4.78 is 11.4. The number of nitrogens with two attached hydrogens (primary N) is 1. The van der Waals surface area contributed by atoms with Gasteiger partial charge in [-0.05, 0) is 37.6 Å². The highest BCUT2D eigenvalue weighted by atomic mass is 35.5. The standard InChI is InChI=1S/C16H19N3O3.ClH/c1-21-15-8-11-13(7-12(15)16(17)20)19-6-4-14(11)22-10-3-2-5-18-9-10;/h4,6-8,10,18H,2-3,5,9H2,1H3,(H2,17,20);1H/t10-;/m1./s1. The van der Waals surface area contributed by atoms with Crippen LogP contribution < -0.4 is 20.5 Å². The van der Waals surface area contributed by atoms with Gasteiger partial charge in [0.05, 0.1) is 18.2 Å². The number of primary amides is 1. The maximum atomic E-state index is 11.5. The molecule has 0 spiro atoms. The normalized spacial score (nSPS) is 17.3. The lowest BCUT2D eigenvalue weighted by Gasteiger charge is -2.24. The average molecular weight is 338 g/mol. The molecule has 1 fully saturated rings. The van der Waals surface area contributed by atoms with Crippen molar-refractivity contribution in [2.24, 2.45) is 5.73 Å². The second-order valence-electron chi connectivity index (χ2n) is 5.33. The number of hydrogen-bond donors (Lipinski definition) is 2. The maximum absolute atomic E-state index is 11.5. The van der Waals surface area contributed by atoms with Crippen LogP contribution >= 0.6 is 12.4 Å². The molecular weight excluding hydrogens is 318 g/mol. The molecule has 2 aromatic rings. The number of rotatable bonds is 4. The fourth-order valence-electron chi connectivity index (χ4n) is 2.71. The Kier molecular flexibility index (Phi) is 5.63. The van der Waals surface area contributed by atoms with Gasteiger partial charge < -0.3 is 20.5 Å². The van der Waals surface area contributed by atoms with Gasteiger partial charge in [-0.15, -0.1) is 12.4 Å². The van der Waals surface area contributed by atoms with Gasteiger partial charge in [-0.1, -0.05) is 0 Å². The smallest absolute Gasteiger partial charge is 0.252 e. The van der Waals surface area contributed by atoms with Gasteiger partial charge in [-0.25, -0.2) is 0 Å². The van der Waals surface area contributed by atoms with E-state index in [1.807, 2.05) is 6.07 Å². The van der Waals surface area contributed by atoms with E-state index < -0.39 is 5.91 Å². The SMILES string of the molecule is COc1cc2c(O[C@@H]3CCCNC3)ccnc2cc1C(N)=O.Cl. The highest BCUT2D eigenvalue weighted by molar-refractivity contribution is 6.01. The van der Waals surface area contributed by atoms with Crippen LogP contribution in [0.25, 0.3) is 10.9 Å². The molecule has 0 radical (unpaired) electrons. The number of piperidine rings is 1. The molecule has 1 aromatic carbocycles. The zero-order chi connectivity index (χ0) is 15.5. The quantitative estimate of drug-likeness (QED) is 0.889. The van der Waals surface area contributed by atoms with Crippen molar-refractivity contribution in [1.82, 2.24) is 10.3 Å². The number of halogens is 1. The van der Waals surface area contributed by atoms with Crippen LogP contribution in [0.2, 0.25) is 0 Å². The molecule has 0 aliphatic carbocycles. The minimum absolute atomic E-state index is 0. The number of carbonyl (C=O) groups is 1. The van der Waals surface area contributed by atoms with Crippen LogP contribution in [0.4, 0.5) is 0 Å². The summed E-state index contributed by atoms with van der Waals surface area (Å²) in [5.41, 5.74) is 6.36. The number of aromatic nitrogens is 1. The van der Waals surface area contributed by atoms with Crippen molar-refractivity contribution in [2.45, 2.75) is 18.9 Å². The van der Waals surface area contributed by atoms with Crippen LogP contribution in [-0.4, -0.2) is 37.2 Å². The zero-order valence-corrected chi connectivity index (χ0v) is 13.7. The average Bonchev–Trinajstić information content (AvgIpc) is 2.55. The molecule has 1 aromatic heterocycles. The molecule has 0 unspecified atom stereocenters. The van der Waals surface area contributed by atoms with Gasteiger partial charge in [0.25, 0.3) is 5.91 Å². The van der Waals surface area contributed by atoms with Crippen molar-refractivity contribution in [2.75, 3.05) is 20.2 Å². The summed E-state index contributed by atoms with van der Waals surface area (Å²) in [5.74, 6) is 0.635. The van der Waals surface area contributed by atoms with Crippen LogP contribution in [0.3, 0.4) is 0 Å². The lowest BCUT2D eigenvalue weighted by Crippen LogP contribution is -2.37. The predicted octanol–water partition coefficient (Wildman–Crippen LogP) is 1.89. The van der Waals surface area contributed by atoms with Crippen molar-refractivity contribution in [1.29, 1.82) is 0 Å². The summed E-state index contributed by atoms with van der Waals surface area (Å²) in [4.78, 5) is 15.8. The van der Waals surface area contributed by atoms with Gasteiger partial charge in [0.1, 0.15) is 17.6 Å². The van der Waals surface area contributed by atoms with Crippen molar-refractivity contribution in [3.8, 4) is 11.5 Å². The van der Waals surface area contributed by atoms with Gasteiger partial charge in [0.2, 0.25) is 0 Å². The zero-order valence-electron chi connectivity index (χ0n) is 12.9. The third-order valence-corrected chi connectivity index (χ3v) is 3.83. The lowest BCUT2D eigenvalue weighted by molar-refractivity contribution is 0.0997. The molecule has 23 heavy (non-hydrogen) atoms. The number of pyridine rings is 1. The summed E-state index contributed by atoms with van der Waals surface area (Å²) >= 11 is 0. The lowest BCUT2D eigenvalue weighted by atomic mass is 10.1. The van der Waals surface area contributed by atoms with Gasteiger partial charge in [-0.3, -0.25) is 9.78 Å². The van der Waals surface area contributed by atoms with Crippen LogP contribution in [-0.2, 0) is 0 Å². The molecule has 7 heteroatoms. The summed E-state index contributed by atoms with van der Waals surface area (Å²) in [6.07, 6.45) is 3.93. The molecule has 1 aliphatic heterocycles. The summed E-state index contributed by atoms with van der Waals surface area (Å²) in [5, 5.41) is 4.14. The highest BCUT2D eigenvalue weighted by Gasteiger charge is 2.18. The van der Waals surface area contributed by atoms with E-state index in [2.05, 4.69) is 10.3 Å². The first-order valence-electron chi connectivity index (χ1n) is 7.33. The molecule has 0 bridgehead atoms. The van der Waals surface area contributed by atoms with Crippen LogP contribution in [0, 0.1) is 0 Å². The second kappa shape index (κ2) is 7.48. The Balaban J connectivity index is 0.00000192. The number of nitrogens with one attached hydrogen (secondary N) is 1. The Morgan fingerprint density at radius 2 is 2.22 bits per heavy atom. The summed E-state index contributed by atoms with van der Waals surface area (Å²) in [6.45, 7) is 1.87. The Morgan fingerprint density at radius 3 is 2.87 bits per heavy atom. The van der Waals surface area contributed by atoms with Gasteiger partial charge in [0, 0.05) is 18.1 Å². The Labute approximate surface area is 140 Å².